The molecule has 0 unspecified atom stereocenters. The molecule has 20 heteroatoms. The first kappa shape index (κ1) is 44.4. The molecule has 2 aromatic carbocycles. The van der Waals surface area contributed by atoms with Crippen molar-refractivity contribution in [3.05, 3.63) is 53.6 Å². The molecule has 0 spiro atoms. The fourth-order valence-electron chi connectivity index (χ4n) is 6.54. The maximum Gasteiger partial charge on any atom is 0.331 e. The first-order chi connectivity index (χ1) is 27.2. The van der Waals surface area contributed by atoms with Gasteiger partial charge in [0, 0.05) is 6.08 Å². The van der Waals surface area contributed by atoms with Gasteiger partial charge >= 0.3 is 5.97 Å². The van der Waals surface area contributed by atoms with Gasteiger partial charge in [-0.15, -0.1) is 0 Å². The van der Waals surface area contributed by atoms with Crippen LogP contribution in [0.25, 0.3) is 6.08 Å². The minimum Gasteiger partial charge on any atom is -0.504 e. The highest BCUT2D eigenvalue weighted by atomic mass is 16.8. The lowest BCUT2D eigenvalue weighted by molar-refractivity contribution is -0.386. The molecule has 0 saturated carbocycles. The van der Waals surface area contributed by atoms with Crippen molar-refractivity contribution < 1.29 is 98.5 Å². The molecule has 3 heterocycles. The predicted molar refractivity (Wildman–Crippen MR) is 190 cm³/mol. The van der Waals surface area contributed by atoms with Crippen molar-refractivity contribution in [3.63, 3.8) is 0 Å². The van der Waals surface area contributed by atoms with E-state index in [1.54, 1.807) is 12.1 Å². The number of hydrogen-bond acceptors (Lipinski definition) is 20. The van der Waals surface area contributed by atoms with E-state index in [-0.39, 0.29) is 36.0 Å². The Labute approximate surface area is 326 Å². The zero-order valence-electron chi connectivity index (χ0n) is 31.2. The largest absolute Gasteiger partial charge is 0.504 e. The lowest BCUT2D eigenvalue weighted by atomic mass is 9.96. The third-order valence-electron chi connectivity index (χ3n) is 9.79. The molecule has 3 aliphatic rings. The molecule has 10 N–H and O–H groups in total. The van der Waals surface area contributed by atoms with Crippen LogP contribution in [0.4, 0.5) is 0 Å². The summed E-state index contributed by atoms with van der Waals surface area (Å²) in [6.45, 7) is -0.321. The molecule has 0 aliphatic carbocycles. The molecule has 15 atom stereocenters. The van der Waals surface area contributed by atoms with Crippen LogP contribution in [0.1, 0.15) is 18.1 Å². The van der Waals surface area contributed by atoms with Gasteiger partial charge in [0.05, 0.1) is 40.1 Å². The second-order valence-corrected chi connectivity index (χ2v) is 13.6. The zero-order valence-corrected chi connectivity index (χ0v) is 31.2. The molecule has 318 valence electrons. The molecule has 57 heavy (non-hydrogen) atoms. The Morgan fingerprint density at radius 3 is 2.04 bits per heavy atom. The third kappa shape index (κ3) is 10.3. The van der Waals surface area contributed by atoms with Gasteiger partial charge in [0.1, 0.15) is 61.0 Å². The van der Waals surface area contributed by atoms with Gasteiger partial charge < -0.3 is 93.7 Å². The van der Waals surface area contributed by atoms with Crippen molar-refractivity contribution in [3.8, 4) is 23.0 Å². The normalized spacial score (nSPS) is 35.9. The Hall–Kier alpha value is -3.71. The third-order valence-corrected chi connectivity index (χ3v) is 9.79. The fourth-order valence-corrected chi connectivity index (χ4v) is 6.54. The Balaban J connectivity index is 1.41. The number of aromatic hydroxyl groups is 2. The zero-order chi connectivity index (χ0) is 41.6. The van der Waals surface area contributed by atoms with E-state index < -0.39 is 111 Å². The van der Waals surface area contributed by atoms with Crippen molar-refractivity contribution in [2.75, 3.05) is 34.0 Å². The summed E-state index contributed by atoms with van der Waals surface area (Å²) in [4.78, 5) is 13.3. The van der Waals surface area contributed by atoms with E-state index in [1.807, 2.05) is 0 Å². The van der Waals surface area contributed by atoms with E-state index in [4.69, 9.17) is 42.6 Å². The van der Waals surface area contributed by atoms with Gasteiger partial charge in [-0.05, 0) is 54.8 Å². The van der Waals surface area contributed by atoms with Crippen LogP contribution in [0.15, 0.2) is 42.5 Å². The monoisotopic (exact) mass is 814 g/mol. The van der Waals surface area contributed by atoms with Gasteiger partial charge in [-0.1, -0.05) is 12.1 Å². The number of aliphatic hydroxyl groups is 8. The summed E-state index contributed by atoms with van der Waals surface area (Å²) < 4.78 is 50.8. The van der Waals surface area contributed by atoms with Crippen molar-refractivity contribution in [2.24, 2.45) is 0 Å². The molecule has 0 aromatic heterocycles. The lowest BCUT2D eigenvalue weighted by Crippen LogP contribution is -2.66. The maximum absolute atomic E-state index is 13.3. The van der Waals surface area contributed by atoms with E-state index in [1.165, 1.54) is 51.5 Å². The standard InChI is InChI=1S/C37H50O20/c1-16-26(43)29(46)34(57-36-30(47)28(45)27(44)23(14-38)53-36)37(52-16)56-33-31(48)35(51-11-10-18-5-8-21(49-2)20(41)12-18)54-24(15-39)32(33)55-25(42)9-6-17-4-7-19(40)22(13-17)50-3/h4-9,12-13,16,23-24,26-41,43-48H,10-11,14-15H2,1-3H3/b9-6+/t16-,23+,24+,26-,27+,28-,29+,30+,31+,32+,33+,34+,35+,36-,37-/m0/s1. The minimum atomic E-state index is -1.93. The van der Waals surface area contributed by atoms with E-state index in [2.05, 4.69) is 0 Å². The van der Waals surface area contributed by atoms with E-state index in [0.717, 1.165) is 6.08 Å². The second-order valence-electron chi connectivity index (χ2n) is 13.6. The van der Waals surface area contributed by atoms with E-state index in [0.29, 0.717) is 11.1 Å². The van der Waals surface area contributed by atoms with Crippen molar-refractivity contribution in [2.45, 2.75) is 105 Å². The Bertz CT molecular complexity index is 1640. The van der Waals surface area contributed by atoms with Crippen LogP contribution in [0.5, 0.6) is 23.0 Å². The van der Waals surface area contributed by atoms with Crippen molar-refractivity contribution in [1.29, 1.82) is 0 Å². The van der Waals surface area contributed by atoms with Crippen LogP contribution in [0.2, 0.25) is 0 Å². The van der Waals surface area contributed by atoms with Crippen LogP contribution in [0, 0.1) is 0 Å². The summed E-state index contributed by atoms with van der Waals surface area (Å²) in [5, 5.41) is 105. The second kappa shape index (κ2) is 19.8. The van der Waals surface area contributed by atoms with Gasteiger partial charge in [-0.2, -0.15) is 0 Å². The first-order valence-corrected chi connectivity index (χ1v) is 18.0. The van der Waals surface area contributed by atoms with Crippen LogP contribution in [-0.4, -0.2) is 183 Å². The summed E-state index contributed by atoms with van der Waals surface area (Å²) in [6.07, 6.45) is -22.5. The summed E-state index contributed by atoms with van der Waals surface area (Å²) in [6, 6.07) is 8.96. The number of methoxy groups -OCH3 is 2. The molecule has 5 rings (SSSR count). The van der Waals surface area contributed by atoms with Gasteiger partial charge in [-0.3, -0.25) is 0 Å². The quantitative estimate of drug-likeness (QED) is 0.0652. The molecule has 3 saturated heterocycles. The number of esters is 1. The molecule has 3 aliphatic heterocycles. The minimum absolute atomic E-state index is 0.105. The van der Waals surface area contributed by atoms with Gasteiger partial charge in [0.25, 0.3) is 0 Å². The molecular weight excluding hydrogens is 764 g/mol. The topological polar surface area (TPSA) is 302 Å². The highest BCUT2D eigenvalue weighted by Gasteiger charge is 2.54. The van der Waals surface area contributed by atoms with Crippen LogP contribution < -0.4 is 9.47 Å². The van der Waals surface area contributed by atoms with Gasteiger partial charge in [-0.25, -0.2) is 4.79 Å². The maximum atomic E-state index is 13.3. The van der Waals surface area contributed by atoms with Crippen LogP contribution in [-0.2, 0) is 44.4 Å². The Morgan fingerprint density at radius 2 is 1.37 bits per heavy atom. The number of ether oxygens (including phenoxy) is 9. The summed E-state index contributed by atoms with van der Waals surface area (Å²) in [5.74, 6) is -0.875. The molecule has 0 radical (unpaired) electrons. The predicted octanol–water partition coefficient (Wildman–Crippen LogP) is -2.59. The van der Waals surface area contributed by atoms with Crippen molar-refractivity contribution in [1.82, 2.24) is 0 Å². The van der Waals surface area contributed by atoms with E-state index in [9.17, 15) is 55.9 Å². The average Bonchev–Trinajstić information content (AvgIpc) is 3.20. The lowest BCUT2D eigenvalue weighted by Gasteiger charge is -2.48. The first-order valence-electron chi connectivity index (χ1n) is 18.0. The number of phenolic OH excluding ortho intramolecular Hbond substituents is 2. The van der Waals surface area contributed by atoms with Crippen LogP contribution >= 0.6 is 0 Å². The molecule has 0 amide bonds. The number of carbonyl (C=O) groups excluding carboxylic acids is 1. The van der Waals surface area contributed by atoms with Gasteiger partial charge in [0.15, 0.2) is 48.0 Å². The number of phenols is 2. The number of carbonyl (C=O) groups is 1. The number of rotatable bonds is 15. The number of benzene rings is 2. The molecule has 3 fully saturated rings. The van der Waals surface area contributed by atoms with E-state index >= 15 is 0 Å². The van der Waals surface area contributed by atoms with Gasteiger partial charge in [0.2, 0.25) is 0 Å². The highest BCUT2D eigenvalue weighted by molar-refractivity contribution is 5.87. The summed E-state index contributed by atoms with van der Waals surface area (Å²) in [7, 11) is 2.74. The number of aliphatic hydroxyl groups excluding tert-OH is 8. The molecule has 2 aromatic rings. The molecule has 0 bridgehead atoms. The van der Waals surface area contributed by atoms with Crippen LogP contribution in [0.3, 0.4) is 0 Å². The summed E-state index contributed by atoms with van der Waals surface area (Å²) >= 11 is 0. The smallest absolute Gasteiger partial charge is 0.331 e. The van der Waals surface area contributed by atoms with Crippen molar-refractivity contribution >= 4 is 12.0 Å². The molecular formula is C37H50O20. The average molecular weight is 815 g/mol. The Kier molecular flexibility index (Phi) is 15.4. The number of hydrogen-bond donors (Lipinski definition) is 10. The molecule has 20 nitrogen and oxygen atoms in total. The fraction of sp³-hybridized carbons (Fsp3) is 0.595. The summed E-state index contributed by atoms with van der Waals surface area (Å²) in [5.41, 5.74) is 1.05. The SMILES string of the molecule is COc1ccc(CCO[C@@H]2O[C@H](CO)[C@@H](OC(=O)/C=C/c3ccc(O)c(OC)c3)[C@H](O[C@@H]3O[C@@H](C)[C@H](O)[C@@H](O)[C@H]3O[C@@H]3O[C@H](CO)[C@@H](O)[C@H](O)[C@H]3O)[C@H]2O)cc1O. The Morgan fingerprint density at radius 1 is 0.684 bits per heavy atom. The highest BCUT2D eigenvalue weighted by Crippen LogP contribution is 2.35.